The maximum Gasteiger partial charge on any atom is 0.0753 e. The van der Waals surface area contributed by atoms with Crippen molar-refractivity contribution in [1.82, 2.24) is 0 Å². The van der Waals surface area contributed by atoms with Gasteiger partial charge in [-0.05, 0) is 19.4 Å². The molecule has 0 unspecified atom stereocenters. The highest BCUT2D eigenvalue weighted by atomic mass is 16.4. The lowest BCUT2D eigenvalue weighted by Crippen LogP contribution is -2.38. The summed E-state index contributed by atoms with van der Waals surface area (Å²) >= 11 is 0. The van der Waals surface area contributed by atoms with Crippen molar-refractivity contribution < 1.29 is 14.4 Å². The number of carbonyl (C=O) groups is 1. The summed E-state index contributed by atoms with van der Waals surface area (Å²) in [7, 11) is 4.47. The van der Waals surface area contributed by atoms with E-state index in [4.69, 9.17) is 0 Å². The number of aromatic carboxylic acids is 1. The van der Waals surface area contributed by atoms with Gasteiger partial charge in [-0.1, -0.05) is 30.3 Å². The van der Waals surface area contributed by atoms with E-state index in [0.717, 1.165) is 4.48 Å². The number of rotatable bonds is 3. The Balaban J connectivity index is 0.000000293. The molecule has 0 N–H and O–H groups in total. The number of nitrogens with zero attached hydrogens (tertiary/aromatic N) is 1. The lowest BCUT2D eigenvalue weighted by molar-refractivity contribution is -0.886. The molecule has 0 heterocycles. The molecule has 0 aliphatic carbocycles. The minimum atomic E-state index is -1.13. The van der Waals surface area contributed by atoms with Gasteiger partial charge in [0.05, 0.1) is 33.2 Å². The standard InChI is InChI=1S/C7H6O2.C6H16N/c8-7(9)6-4-2-1-3-5-6;1-5-7(3,4)6-2/h1-5H,(H,8,9);5-6H2,1-4H3/q;+1/p-1. The molecule has 0 atom stereocenters. The Morgan fingerprint density at radius 2 is 1.56 bits per heavy atom. The molecule has 3 heteroatoms. The van der Waals surface area contributed by atoms with Crippen LogP contribution >= 0.6 is 0 Å². The summed E-state index contributed by atoms with van der Waals surface area (Å²) in [6.45, 7) is 6.89. The van der Waals surface area contributed by atoms with Gasteiger partial charge in [0.25, 0.3) is 0 Å². The van der Waals surface area contributed by atoms with Crippen molar-refractivity contribution in [3.63, 3.8) is 0 Å². The fraction of sp³-hybridized carbons (Fsp3) is 0.462. The van der Waals surface area contributed by atoms with E-state index in [-0.39, 0.29) is 5.56 Å². The number of hydrogen-bond acceptors (Lipinski definition) is 2. The van der Waals surface area contributed by atoms with Crippen LogP contribution in [0.2, 0.25) is 0 Å². The molecule has 90 valence electrons. The number of carbonyl (C=O) groups excluding carboxylic acids is 1. The SMILES string of the molecule is CC[N+](C)(C)CC.O=C([O-])c1ccccc1. The molecule has 0 radical (unpaired) electrons. The Morgan fingerprint density at radius 3 is 1.75 bits per heavy atom. The van der Waals surface area contributed by atoms with E-state index < -0.39 is 5.97 Å². The summed E-state index contributed by atoms with van der Waals surface area (Å²) in [6.07, 6.45) is 0. The predicted octanol–water partition coefficient (Wildman–Crippen LogP) is 1.15. The molecule has 0 bridgehead atoms. The van der Waals surface area contributed by atoms with Crippen LogP contribution in [0.3, 0.4) is 0 Å². The molecule has 0 saturated heterocycles. The van der Waals surface area contributed by atoms with Crippen LogP contribution < -0.4 is 5.11 Å². The minimum absolute atomic E-state index is 0.220. The highest BCUT2D eigenvalue weighted by Crippen LogP contribution is 1.94. The lowest BCUT2D eigenvalue weighted by atomic mass is 10.2. The van der Waals surface area contributed by atoms with Gasteiger partial charge < -0.3 is 14.4 Å². The molecule has 1 rings (SSSR count). The van der Waals surface area contributed by atoms with E-state index in [1.807, 2.05) is 0 Å². The van der Waals surface area contributed by atoms with Crippen molar-refractivity contribution in [2.75, 3.05) is 27.2 Å². The van der Waals surface area contributed by atoms with E-state index in [1.165, 1.54) is 25.2 Å². The Morgan fingerprint density at radius 1 is 1.12 bits per heavy atom. The molecule has 3 nitrogen and oxygen atoms in total. The van der Waals surface area contributed by atoms with E-state index in [9.17, 15) is 9.90 Å². The summed E-state index contributed by atoms with van der Waals surface area (Å²) in [4.78, 5) is 10.1. The quantitative estimate of drug-likeness (QED) is 0.721. The number of benzene rings is 1. The average Bonchev–Trinajstić information content (AvgIpc) is 2.31. The van der Waals surface area contributed by atoms with Crippen LogP contribution in [0.25, 0.3) is 0 Å². The Labute approximate surface area is 97.9 Å². The van der Waals surface area contributed by atoms with Crippen LogP contribution in [-0.2, 0) is 0 Å². The maximum atomic E-state index is 10.1. The fourth-order valence-electron chi connectivity index (χ4n) is 0.798. The molecular formula is C13H21NO2. The minimum Gasteiger partial charge on any atom is -0.545 e. The van der Waals surface area contributed by atoms with Gasteiger partial charge in [0.1, 0.15) is 0 Å². The predicted molar refractivity (Wildman–Crippen MR) is 64.0 cm³/mol. The van der Waals surface area contributed by atoms with Crippen LogP contribution in [0.4, 0.5) is 0 Å². The van der Waals surface area contributed by atoms with Gasteiger partial charge in [0, 0.05) is 0 Å². The van der Waals surface area contributed by atoms with Crippen molar-refractivity contribution in [3.05, 3.63) is 35.9 Å². The normalized spacial score (nSPS) is 10.2. The number of hydrogen-bond donors (Lipinski definition) is 0. The van der Waals surface area contributed by atoms with Crippen molar-refractivity contribution in [1.29, 1.82) is 0 Å². The van der Waals surface area contributed by atoms with Gasteiger partial charge in [-0.3, -0.25) is 0 Å². The fourth-order valence-corrected chi connectivity index (χ4v) is 0.798. The van der Waals surface area contributed by atoms with E-state index >= 15 is 0 Å². The Bertz CT molecular complexity index is 301. The first-order valence-corrected chi connectivity index (χ1v) is 5.51. The van der Waals surface area contributed by atoms with Gasteiger partial charge >= 0.3 is 0 Å². The second kappa shape index (κ2) is 7.01. The molecule has 0 aliphatic heterocycles. The molecule has 0 saturated carbocycles. The Hall–Kier alpha value is -1.35. The zero-order chi connectivity index (χ0) is 12.6. The number of carboxylic acids is 1. The molecule has 1 aromatic carbocycles. The largest absolute Gasteiger partial charge is 0.545 e. The monoisotopic (exact) mass is 223 g/mol. The summed E-state index contributed by atoms with van der Waals surface area (Å²) in [5.74, 6) is -1.13. The Kier molecular flexibility index (Phi) is 6.42. The topological polar surface area (TPSA) is 40.1 Å². The average molecular weight is 223 g/mol. The highest BCUT2D eigenvalue weighted by Gasteiger charge is 2.04. The number of quaternary nitrogens is 1. The molecule has 0 spiro atoms. The van der Waals surface area contributed by atoms with Crippen LogP contribution in [0.15, 0.2) is 30.3 Å². The second-order valence-corrected chi connectivity index (χ2v) is 4.22. The van der Waals surface area contributed by atoms with Gasteiger partial charge in [-0.2, -0.15) is 0 Å². The first kappa shape index (κ1) is 14.6. The zero-order valence-electron chi connectivity index (χ0n) is 10.6. The molecule has 1 aromatic rings. The second-order valence-electron chi connectivity index (χ2n) is 4.22. The van der Waals surface area contributed by atoms with Gasteiger partial charge in [0.2, 0.25) is 0 Å². The summed E-state index contributed by atoms with van der Waals surface area (Å²) in [5.41, 5.74) is 0.220. The molecule has 16 heavy (non-hydrogen) atoms. The molecule has 0 fully saturated rings. The van der Waals surface area contributed by atoms with Crippen LogP contribution in [-0.4, -0.2) is 37.6 Å². The zero-order valence-corrected chi connectivity index (χ0v) is 10.6. The van der Waals surface area contributed by atoms with Gasteiger partial charge in [-0.15, -0.1) is 0 Å². The first-order valence-electron chi connectivity index (χ1n) is 5.51. The molecule has 0 amide bonds. The molecule has 0 aliphatic rings. The number of carboxylic acid groups (broad SMARTS) is 1. The third-order valence-corrected chi connectivity index (χ3v) is 2.72. The van der Waals surface area contributed by atoms with Crippen LogP contribution in [0.1, 0.15) is 24.2 Å². The third-order valence-electron chi connectivity index (χ3n) is 2.72. The van der Waals surface area contributed by atoms with Crippen molar-refractivity contribution in [2.45, 2.75) is 13.8 Å². The third kappa shape index (κ3) is 6.19. The van der Waals surface area contributed by atoms with Crippen LogP contribution in [0, 0.1) is 0 Å². The van der Waals surface area contributed by atoms with Crippen molar-refractivity contribution in [2.24, 2.45) is 0 Å². The van der Waals surface area contributed by atoms with Crippen molar-refractivity contribution >= 4 is 5.97 Å². The van der Waals surface area contributed by atoms with E-state index in [1.54, 1.807) is 18.2 Å². The molecular weight excluding hydrogens is 202 g/mol. The first-order chi connectivity index (χ1) is 7.43. The summed E-state index contributed by atoms with van der Waals surface area (Å²) in [6, 6.07) is 8.06. The lowest BCUT2D eigenvalue weighted by Gasteiger charge is -2.25. The van der Waals surface area contributed by atoms with Gasteiger partial charge in [0.15, 0.2) is 0 Å². The van der Waals surface area contributed by atoms with Crippen molar-refractivity contribution in [3.8, 4) is 0 Å². The highest BCUT2D eigenvalue weighted by molar-refractivity contribution is 5.85. The van der Waals surface area contributed by atoms with E-state index in [2.05, 4.69) is 27.9 Å². The summed E-state index contributed by atoms with van der Waals surface area (Å²) < 4.78 is 1.14. The van der Waals surface area contributed by atoms with Crippen LogP contribution in [0.5, 0.6) is 0 Å². The summed E-state index contributed by atoms with van der Waals surface area (Å²) in [5, 5.41) is 10.1. The maximum absolute atomic E-state index is 10.1. The van der Waals surface area contributed by atoms with E-state index in [0.29, 0.717) is 0 Å². The smallest absolute Gasteiger partial charge is 0.0753 e. The van der Waals surface area contributed by atoms with Gasteiger partial charge in [-0.25, -0.2) is 0 Å². The molecule has 0 aromatic heterocycles.